The van der Waals surface area contributed by atoms with Gasteiger partial charge in [0.25, 0.3) is 0 Å². The maximum Gasteiger partial charge on any atom is 0.0824 e. The zero-order valence-electron chi connectivity index (χ0n) is 10.3. The third-order valence-corrected chi connectivity index (χ3v) is 3.66. The Hall–Kier alpha value is -0.820. The van der Waals surface area contributed by atoms with Crippen LogP contribution in [0.4, 0.5) is 0 Å². The number of benzene rings is 1. The quantitative estimate of drug-likeness (QED) is 0.816. The lowest BCUT2D eigenvalue weighted by atomic mass is 9.94. The molecule has 0 aromatic heterocycles. The molecule has 1 heteroatoms. The van der Waals surface area contributed by atoms with Crippen LogP contribution in [0.3, 0.4) is 0 Å². The summed E-state index contributed by atoms with van der Waals surface area (Å²) in [6.07, 6.45) is 4.53. The maximum atomic E-state index is 10.2. The van der Waals surface area contributed by atoms with Crippen LogP contribution in [0, 0.1) is 11.8 Å². The number of hydrogen-bond donors (Lipinski definition) is 1. The lowest BCUT2D eigenvalue weighted by molar-refractivity contribution is 0.116. The first-order valence-electron chi connectivity index (χ1n) is 6.44. The second-order valence-electron chi connectivity index (χ2n) is 5.43. The molecule has 0 heterocycles. The zero-order valence-corrected chi connectivity index (χ0v) is 10.3. The highest BCUT2D eigenvalue weighted by molar-refractivity contribution is 5.34. The fourth-order valence-corrected chi connectivity index (χ4v) is 2.70. The number of aliphatic hydroxyl groups excluding tert-OH is 1. The Morgan fingerprint density at radius 3 is 2.75 bits per heavy atom. The largest absolute Gasteiger partial charge is 0.388 e. The first-order chi connectivity index (χ1) is 7.68. The van der Waals surface area contributed by atoms with E-state index in [4.69, 9.17) is 0 Å². The SMILES string of the molecule is CC(C)CCCC1Cc2ccccc2C1O. The summed E-state index contributed by atoms with van der Waals surface area (Å²) < 4.78 is 0. The van der Waals surface area contributed by atoms with Gasteiger partial charge in [-0.15, -0.1) is 0 Å². The predicted molar refractivity (Wildman–Crippen MR) is 67.3 cm³/mol. The van der Waals surface area contributed by atoms with Crippen LogP contribution >= 0.6 is 0 Å². The average Bonchev–Trinajstić information content (AvgIpc) is 2.56. The summed E-state index contributed by atoms with van der Waals surface area (Å²) in [6.45, 7) is 4.53. The van der Waals surface area contributed by atoms with Crippen LogP contribution < -0.4 is 0 Å². The molecule has 0 radical (unpaired) electrons. The highest BCUT2D eigenvalue weighted by atomic mass is 16.3. The van der Waals surface area contributed by atoms with Gasteiger partial charge in [0.1, 0.15) is 0 Å². The highest BCUT2D eigenvalue weighted by Crippen LogP contribution is 2.38. The molecule has 88 valence electrons. The molecule has 0 bridgehead atoms. The van der Waals surface area contributed by atoms with E-state index in [9.17, 15) is 5.11 Å². The van der Waals surface area contributed by atoms with E-state index < -0.39 is 0 Å². The van der Waals surface area contributed by atoms with Crippen molar-refractivity contribution in [1.82, 2.24) is 0 Å². The van der Waals surface area contributed by atoms with Crippen molar-refractivity contribution in [2.24, 2.45) is 11.8 Å². The van der Waals surface area contributed by atoms with Crippen LogP contribution in [-0.4, -0.2) is 5.11 Å². The Balaban J connectivity index is 1.92. The summed E-state index contributed by atoms with van der Waals surface area (Å²) in [5, 5.41) is 10.2. The van der Waals surface area contributed by atoms with E-state index >= 15 is 0 Å². The highest BCUT2D eigenvalue weighted by Gasteiger charge is 2.29. The van der Waals surface area contributed by atoms with Gasteiger partial charge in [-0.1, -0.05) is 51.0 Å². The third kappa shape index (κ3) is 2.46. The Morgan fingerprint density at radius 1 is 1.31 bits per heavy atom. The minimum Gasteiger partial charge on any atom is -0.388 e. The lowest BCUT2D eigenvalue weighted by Crippen LogP contribution is -2.07. The van der Waals surface area contributed by atoms with E-state index in [0.29, 0.717) is 5.92 Å². The molecule has 2 rings (SSSR count). The van der Waals surface area contributed by atoms with Gasteiger partial charge in [0.2, 0.25) is 0 Å². The fraction of sp³-hybridized carbons (Fsp3) is 0.600. The van der Waals surface area contributed by atoms with E-state index in [1.807, 2.05) is 6.07 Å². The smallest absolute Gasteiger partial charge is 0.0824 e. The van der Waals surface area contributed by atoms with Crippen molar-refractivity contribution >= 4 is 0 Å². The summed E-state index contributed by atoms with van der Waals surface area (Å²) in [6, 6.07) is 8.32. The van der Waals surface area contributed by atoms with E-state index in [-0.39, 0.29) is 6.10 Å². The van der Waals surface area contributed by atoms with Crippen molar-refractivity contribution in [1.29, 1.82) is 0 Å². The Morgan fingerprint density at radius 2 is 2.06 bits per heavy atom. The second-order valence-corrected chi connectivity index (χ2v) is 5.43. The maximum absolute atomic E-state index is 10.2. The molecule has 2 unspecified atom stereocenters. The van der Waals surface area contributed by atoms with Crippen molar-refractivity contribution < 1.29 is 5.11 Å². The van der Waals surface area contributed by atoms with Gasteiger partial charge < -0.3 is 5.11 Å². The molecule has 0 saturated heterocycles. The van der Waals surface area contributed by atoms with Gasteiger partial charge in [-0.2, -0.15) is 0 Å². The molecule has 0 saturated carbocycles. The molecule has 1 aromatic rings. The summed E-state index contributed by atoms with van der Waals surface area (Å²) in [5.74, 6) is 1.23. The molecule has 1 aliphatic carbocycles. The van der Waals surface area contributed by atoms with Crippen molar-refractivity contribution in [3.8, 4) is 0 Å². The molecule has 16 heavy (non-hydrogen) atoms. The van der Waals surface area contributed by atoms with Crippen molar-refractivity contribution in [3.05, 3.63) is 35.4 Å². The van der Waals surface area contributed by atoms with Crippen molar-refractivity contribution in [3.63, 3.8) is 0 Å². The van der Waals surface area contributed by atoms with Crippen LogP contribution in [-0.2, 0) is 6.42 Å². The molecule has 0 aliphatic heterocycles. The number of fused-ring (bicyclic) bond motifs is 1. The minimum absolute atomic E-state index is 0.219. The van der Waals surface area contributed by atoms with Crippen molar-refractivity contribution in [2.75, 3.05) is 0 Å². The Kier molecular flexibility index (Phi) is 3.65. The monoisotopic (exact) mass is 218 g/mol. The minimum atomic E-state index is -0.219. The van der Waals surface area contributed by atoms with Gasteiger partial charge in [-0.25, -0.2) is 0 Å². The fourth-order valence-electron chi connectivity index (χ4n) is 2.70. The molecular weight excluding hydrogens is 196 g/mol. The van der Waals surface area contributed by atoms with Gasteiger partial charge in [-0.05, 0) is 35.8 Å². The van der Waals surface area contributed by atoms with Gasteiger partial charge in [0, 0.05) is 0 Å². The Bertz CT molecular complexity index is 343. The molecule has 1 aromatic carbocycles. The standard InChI is InChI=1S/C15H22O/c1-11(2)6-5-8-13-10-12-7-3-4-9-14(12)15(13)16/h3-4,7,9,11,13,15-16H,5-6,8,10H2,1-2H3. The van der Waals surface area contributed by atoms with Crippen LogP contribution in [0.1, 0.15) is 50.3 Å². The zero-order chi connectivity index (χ0) is 11.5. The predicted octanol–water partition coefficient (Wildman–Crippen LogP) is 3.72. The normalized spacial score (nSPS) is 23.8. The van der Waals surface area contributed by atoms with E-state index in [1.54, 1.807) is 0 Å². The average molecular weight is 218 g/mol. The number of rotatable bonds is 4. The first kappa shape index (κ1) is 11.7. The van der Waals surface area contributed by atoms with Crippen molar-refractivity contribution in [2.45, 2.75) is 45.6 Å². The molecule has 0 spiro atoms. The number of hydrogen-bond acceptors (Lipinski definition) is 1. The van der Waals surface area contributed by atoms with Crippen LogP contribution in [0.25, 0.3) is 0 Å². The van der Waals surface area contributed by atoms with Gasteiger partial charge in [0.05, 0.1) is 6.10 Å². The summed E-state index contributed by atoms with van der Waals surface area (Å²) in [5.41, 5.74) is 2.52. The van der Waals surface area contributed by atoms with Gasteiger partial charge >= 0.3 is 0 Å². The molecule has 1 aliphatic rings. The van der Waals surface area contributed by atoms with Gasteiger partial charge in [0.15, 0.2) is 0 Å². The molecule has 1 N–H and O–H groups in total. The summed E-state index contributed by atoms with van der Waals surface area (Å²) in [7, 11) is 0. The van der Waals surface area contributed by atoms with Crippen LogP contribution in [0.5, 0.6) is 0 Å². The lowest BCUT2D eigenvalue weighted by Gasteiger charge is -2.15. The summed E-state index contributed by atoms with van der Waals surface area (Å²) >= 11 is 0. The molecule has 0 amide bonds. The second kappa shape index (κ2) is 5.01. The molecule has 2 atom stereocenters. The van der Waals surface area contributed by atoms with E-state index in [0.717, 1.165) is 24.3 Å². The van der Waals surface area contributed by atoms with Crippen LogP contribution in [0.15, 0.2) is 24.3 Å². The number of aliphatic hydroxyl groups is 1. The van der Waals surface area contributed by atoms with E-state index in [2.05, 4.69) is 32.0 Å². The topological polar surface area (TPSA) is 20.2 Å². The van der Waals surface area contributed by atoms with Crippen LogP contribution in [0.2, 0.25) is 0 Å². The van der Waals surface area contributed by atoms with E-state index in [1.165, 1.54) is 18.4 Å². The molecular formula is C15H22O. The molecule has 0 fully saturated rings. The first-order valence-corrected chi connectivity index (χ1v) is 6.44. The molecule has 1 nitrogen and oxygen atoms in total. The summed E-state index contributed by atoms with van der Waals surface area (Å²) in [4.78, 5) is 0. The third-order valence-electron chi connectivity index (χ3n) is 3.66. The van der Waals surface area contributed by atoms with Gasteiger partial charge in [-0.3, -0.25) is 0 Å². The Labute approximate surface area is 98.5 Å².